The van der Waals surface area contributed by atoms with Crippen LogP contribution in [0.2, 0.25) is 0 Å². The molecule has 1 amide bonds. The average Bonchev–Trinajstić information content (AvgIpc) is 2.66. The van der Waals surface area contributed by atoms with Crippen LogP contribution in [0.3, 0.4) is 0 Å². The van der Waals surface area contributed by atoms with Crippen LogP contribution in [0.4, 0.5) is 11.4 Å². The molecule has 2 aromatic carbocycles. The maximum absolute atomic E-state index is 12.5. The van der Waals surface area contributed by atoms with E-state index in [0.717, 1.165) is 48.7 Å². The van der Waals surface area contributed by atoms with E-state index >= 15 is 0 Å². The number of likely N-dealkylation sites (N-methyl/N-ethyl adjacent to an activating group) is 1. The van der Waals surface area contributed by atoms with E-state index in [1.54, 1.807) is 6.92 Å². The van der Waals surface area contributed by atoms with Crippen LogP contribution in [-0.2, 0) is 4.79 Å². The van der Waals surface area contributed by atoms with Gasteiger partial charge in [-0.2, -0.15) is 0 Å². The van der Waals surface area contributed by atoms with Gasteiger partial charge in [-0.1, -0.05) is 12.1 Å². The third-order valence-corrected chi connectivity index (χ3v) is 5.02. The van der Waals surface area contributed by atoms with E-state index in [9.17, 15) is 4.79 Å². The van der Waals surface area contributed by atoms with Crippen molar-refractivity contribution in [3.8, 4) is 5.75 Å². The van der Waals surface area contributed by atoms with Gasteiger partial charge in [-0.25, -0.2) is 0 Å². The lowest BCUT2D eigenvalue weighted by molar-refractivity contribution is -0.122. The normalized spacial score (nSPS) is 16.1. The van der Waals surface area contributed by atoms with E-state index < -0.39 is 6.10 Å². The zero-order valence-electron chi connectivity index (χ0n) is 16.7. The Hall–Kier alpha value is -2.53. The molecule has 144 valence electrons. The fourth-order valence-electron chi connectivity index (χ4n) is 3.14. The number of amides is 1. The van der Waals surface area contributed by atoms with Gasteiger partial charge in [0.1, 0.15) is 5.75 Å². The van der Waals surface area contributed by atoms with Gasteiger partial charge in [-0.05, 0) is 69.3 Å². The van der Waals surface area contributed by atoms with E-state index in [1.165, 1.54) is 5.69 Å². The second kappa shape index (κ2) is 8.44. The standard InChI is InChI=1S/C22H29N3O2/c1-16-5-6-17(2)21(15-16)27-18(3)22(26)23-19-7-9-20(10-8-19)25-13-11-24(4)12-14-25/h5-10,15,18H,11-14H2,1-4H3,(H,23,26). The molecule has 0 aromatic heterocycles. The van der Waals surface area contributed by atoms with E-state index in [0.29, 0.717) is 0 Å². The zero-order valence-corrected chi connectivity index (χ0v) is 16.7. The largest absolute Gasteiger partial charge is 0.481 e. The lowest BCUT2D eigenvalue weighted by atomic mass is 10.1. The Balaban J connectivity index is 1.57. The summed E-state index contributed by atoms with van der Waals surface area (Å²) >= 11 is 0. The Kier molecular flexibility index (Phi) is 6.01. The number of benzene rings is 2. The van der Waals surface area contributed by atoms with Crippen LogP contribution >= 0.6 is 0 Å². The molecule has 1 N–H and O–H groups in total. The molecule has 0 bridgehead atoms. The molecule has 0 spiro atoms. The van der Waals surface area contributed by atoms with Gasteiger partial charge in [0, 0.05) is 37.6 Å². The van der Waals surface area contributed by atoms with E-state index in [1.807, 2.05) is 44.2 Å². The second-order valence-electron chi connectivity index (χ2n) is 7.36. The number of piperazine rings is 1. The van der Waals surface area contributed by atoms with Crippen molar-refractivity contribution in [2.45, 2.75) is 26.9 Å². The summed E-state index contributed by atoms with van der Waals surface area (Å²) in [4.78, 5) is 17.2. The van der Waals surface area contributed by atoms with Gasteiger partial charge in [0.15, 0.2) is 6.10 Å². The summed E-state index contributed by atoms with van der Waals surface area (Å²) in [5.74, 6) is 0.603. The number of nitrogens with zero attached hydrogens (tertiary/aromatic N) is 2. The number of rotatable bonds is 5. The van der Waals surface area contributed by atoms with Crippen LogP contribution in [-0.4, -0.2) is 50.1 Å². The lowest BCUT2D eigenvalue weighted by Gasteiger charge is -2.34. The van der Waals surface area contributed by atoms with Crippen molar-refractivity contribution in [2.24, 2.45) is 0 Å². The van der Waals surface area contributed by atoms with E-state index in [2.05, 4.69) is 34.3 Å². The molecule has 5 heteroatoms. The number of hydrogen-bond donors (Lipinski definition) is 1. The first kappa shape index (κ1) is 19.2. The van der Waals surface area contributed by atoms with Crippen molar-refractivity contribution in [1.29, 1.82) is 0 Å². The monoisotopic (exact) mass is 367 g/mol. The molecule has 5 nitrogen and oxygen atoms in total. The molecule has 1 atom stereocenters. The highest BCUT2D eigenvalue weighted by atomic mass is 16.5. The SMILES string of the molecule is Cc1ccc(C)c(OC(C)C(=O)Nc2ccc(N3CCN(C)CC3)cc2)c1. The Morgan fingerprint density at radius 2 is 1.70 bits per heavy atom. The van der Waals surface area contributed by atoms with Gasteiger partial charge in [0.05, 0.1) is 0 Å². The van der Waals surface area contributed by atoms with Crippen molar-refractivity contribution >= 4 is 17.3 Å². The van der Waals surface area contributed by atoms with Gasteiger partial charge in [-0.3, -0.25) is 4.79 Å². The predicted molar refractivity (Wildman–Crippen MR) is 111 cm³/mol. The first-order chi connectivity index (χ1) is 12.9. The lowest BCUT2D eigenvalue weighted by Crippen LogP contribution is -2.44. The van der Waals surface area contributed by atoms with Gasteiger partial charge in [0.2, 0.25) is 0 Å². The number of anilines is 2. The maximum Gasteiger partial charge on any atom is 0.265 e. The van der Waals surface area contributed by atoms with Crippen LogP contribution in [0.25, 0.3) is 0 Å². The number of aryl methyl sites for hydroxylation is 2. The van der Waals surface area contributed by atoms with Gasteiger partial charge < -0.3 is 19.9 Å². The molecule has 0 radical (unpaired) electrons. The topological polar surface area (TPSA) is 44.8 Å². The van der Waals surface area contributed by atoms with Crippen LogP contribution in [0.15, 0.2) is 42.5 Å². The van der Waals surface area contributed by atoms with Crippen molar-refractivity contribution < 1.29 is 9.53 Å². The number of carbonyl (C=O) groups excluding carboxylic acids is 1. The quantitative estimate of drug-likeness (QED) is 0.879. The first-order valence-corrected chi connectivity index (χ1v) is 9.51. The Morgan fingerprint density at radius 3 is 2.37 bits per heavy atom. The summed E-state index contributed by atoms with van der Waals surface area (Å²) in [7, 11) is 2.15. The molecule has 0 saturated carbocycles. The number of ether oxygens (including phenoxy) is 1. The third-order valence-electron chi connectivity index (χ3n) is 5.02. The number of nitrogens with one attached hydrogen (secondary N) is 1. The third kappa shape index (κ3) is 5.01. The highest BCUT2D eigenvalue weighted by molar-refractivity contribution is 5.94. The summed E-state index contributed by atoms with van der Waals surface area (Å²) in [5.41, 5.74) is 4.12. The molecule has 1 unspecified atom stereocenters. The van der Waals surface area contributed by atoms with Crippen LogP contribution < -0.4 is 15.0 Å². The minimum Gasteiger partial charge on any atom is -0.481 e. The Morgan fingerprint density at radius 1 is 1.04 bits per heavy atom. The van der Waals surface area contributed by atoms with Gasteiger partial charge in [-0.15, -0.1) is 0 Å². The molecular formula is C22H29N3O2. The van der Waals surface area contributed by atoms with E-state index in [4.69, 9.17) is 4.74 Å². The van der Waals surface area contributed by atoms with Crippen LogP contribution in [0, 0.1) is 13.8 Å². The predicted octanol–water partition coefficient (Wildman–Crippen LogP) is 3.46. The number of carbonyl (C=O) groups is 1. The second-order valence-corrected chi connectivity index (χ2v) is 7.36. The molecule has 3 rings (SSSR count). The minimum atomic E-state index is -0.567. The summed E-state index contributed by atoms with van der Waals surface area (Å²) in [6.07, 6.45) is -0.567. The Labute approximate surface area is 161 Å². The Bertz CT molecular complexity index is 781. The molecule has 1 aliphatic heterocycles. The highest BCUT2D eigenvalue weighted by Gasteiger charge is 2.17. The van der Waals surface area contributed by atoms with Crippen LogP contribution in [0.5, 0.6) is 5.75 Å². The van der Waals surface area contributed by atoms with Crippen molar-refractivity contribution in [3.63, 3.8) is 0 Å². The summed E-state index contributed by atoms with van der Waals surface area (Å²) < 4.78 is 5.86. The highest BCUT2D eigenvalue weighted by Crippen LogP contribution is 2.22. The number of hydrogen-bond acceptors (Lipinski definition) is 4. The molecule has 1 saturated heterocycles. The van der Waals surface area contributed by atoms with Crippen molar-refractivity contribution in [3.05, 3.63) is 53.6 Å². The van der Waals surface area contributed by atoms with Crippen molar-refractivity contribution in [2.75, 3.05) is 43.4 Å². The first-order valence-electron chi connectivity index (χ1n) is 9.51. The molecular weight excluding hydrogens is 338 g/mol. The smallest absolute Gasteiger partial charge is 0.265 e. The van der Waals surface area contributed by atoms with E-state index in [-0.39, 0.29) is 5.91 Å². The molecule has 0 aliphatic carbocycles. The fraction of sp³-hybridized carbons (Fsp3) is 0.409. The molecule has 1 aliphatic rings. The fourth-order valence-corrected chi connectivity index (χ4v) is 3.14. The summed E-state index contributed by atoms with van der Waals surface area (Å²) in [6.45, 7) is 9.98. The summed E-state index contributed by atoms with van der Waals surface area (Å²) in [6, 6.07) is 14.0. The zero-order chi connectivity index (χ0) is 19.4. The van der Waals surface area contributed by atoms with Gasteiger partial charge in [0.25, 0.3) is 5.91 Å². The summed E-state index contributed by atoms with van der Waals surface area (Å²) in [5, 5.41) is 2.94. The van der Waals surface area contributed by atoms with Crippen LogP contribution in [0.1, 0.15) is 18.1 Å². The van der Waals surface area contributed by atoms with Gasteiger partial charge >= 0.3 is 0 Å². The van der Waals surface area contributed by atoms with Crippen molar-refractivity contribution in [1.82, 2.24) is 4.90 Å². The minimum absolute atomic E-state index is 0.150. The molecule has 1 fully saturated rings. The molecule has 2 aromatic rings. The average molecular weight is 367 g/mol. The molecule has 27 heavy (non-hydrogen) atoms. The molecule has 1 heterocycles. The maximum atomic E-state index is 12.5.